The molecule has 29 heavy (non-hydrogen) atoms. The quantitative estimate of drug-likeness (QED) is 0.646. The molecule has 1 aromatic rings. The molecule has 1 aliphatic heterocycles. The number of amides is 2. The second-order valence-electron chi connectivity index (χ2n) is 8.02. The highest BCUT2D eigenvalue weighted by Gasteiger charge is 2.28. The lowest BCUT2D eigenvalue weighted by atomic mass is 10.00. The highest BCUT2D eigenvalue weighted by atomic mass is 35.5. The summed E-state index contributed by atoms with van der Waals surface area (Å²) in [7, 11) is 0. The molecular weight excluding hydrogens is 413 g/mol. The van der Waals surface area contributed by atoms with E-state index < -0.39 is 11.9 Å². The molecule has 2 N–H and O–H groups in total. The van der Waals surface area contributed by atoms with Gasteiger partial charge in [-0.1, -0.05) is 50.9 Å². The van der Waals surface area contributed by atoms with E-state index in [1.54, 1.807) is 12.1 Å². The van der Waals surface area contributed by atoms with Crippen molar-refractivity contribution in [3.05, 3.63) is 33.8 Å². The van der Waals surface area contributed by atoms with Gasteiger partial charge in [-0.25, -0.2) is 0 Å². The molecule has 1 saturated heterocycles. The number of ether oxygens (including phenoxy) is 1. The van der Waals surface area contributed by atoms with Crippen LogP contribution in [0.5, 0.6) is 0 Å². The fraction of sp³-hybridized carbons (Fsp3) is 0.619. The predicted molar refractivity (Wildman–Crippen MR) is 117 cm³/mol. The van der Waals surface area contributed by atoms with Gasteiger partial charge < -0.3 is 15.4 Å². The minimum atomic E-state index is -0.660. The third-order valence-electron chi connectivity index (χ3n) is 5.18. The standard InChI is InChI=1S/C21H31Cl2N3O3/c1-13(2)18(26-7-9-29-10-8-26)12-24-21(28)19(14(3)4)25-20(27)16-6-5-15(22)11-17(16)23/h5-6,11,13-14,18-19H,7-10,12H2,1-4H3,(H,24,28)(H,25,27)/t18-,19-/m0/s1. The van der Waals surface area contributed by atoms with Crippen molar-refractivity contribution in [3.8, 4) is 0 Å². The summed E-state index contributed by atoms with van der Waals surface area (Å²) in [6, 6.07) is 4.23. The molecule has 1 fully saturated rings. The Hall–Kier alpha value is -1.34. The molecule has 1 heterocycles. The van der Waals surface area contributed by atoms with Crippen LogP contribution >= 0.6 is 23.2 Å². The van der Waals surface area contributed by atoms with E-state index in [0.717, 1.165) is 13.1 Å². The Labute approximate surface area is 183 Å². The summed E-state index contributed by atoms with van der Waals surface area (Å²) in [5.41, 5.74) is 0.294. The Morgan fingerprint density at radius 1 is 1.10 bits per heavy atom. The third-order valence-corrected chi connectivity index (χ3v) is 5.73. The highest BCUT2D eigenvalue weighted by molar-refractivity contribution is 6.36. The number of carbonyl (C=O) groups excluding carboxylic acids is 2. The lowest BCUT2D eigenvalue weighted by Gasteiger charge is -2.37. The second kappa shape index (κ2) is 11.2. The van der Waals surface area contributed by atoms with Crippen LogP contribution in [0.15, 0.2) is 18.2 Å². The largest absolute Gasteiger partial charge is 0.379 e. The number of morpholine rings is 1. The number of rotatable bonds is 8. The van der Waals surface area contributed by atoms with Gasteiger partial charge >= 0.3 is 0 Å². The van der Waals surface area contributed by atoms with E-state index in [2.05, 4.69) is 29.4 Å². The SMILES string of the molecule is CC(C)[C@H](NC(=O)c1ccc(Cl)cc1Cl)C(=O)NC[C@@H](C(C)C)N1CCOCC1. The van der Waals surface area contributed by atoms with Gasteiger partial charge in [-0.2, -0.15) is 0 Å². The van der Waals surface area contributed by atoms with Crippen molar-refractivity contribution in [2.24, 2.45) is 11.8 Å². The normalized spacial score (nSPS) is 17.2. The molecule has 0 saturated carbocycles. The van der Waals surface area contributed by atoms with E-state index >= 15 is 0 Å². The molecule has 1 aliphatic rings. The maximum absolute atomic E-state index is 12.9. The molecule has 2 amide bonds. The van der Waals surface area contributed by atoms with Crippen molar-refractivity contribution < 1.29 is 14.3 Å². The number of hydrogen-bond donors (Lipinski definition) is 2. The van der Waals surface area contributed by atoms with Gasteiger partial charge in [-0.3, -0.25) is 14.5 Å². The number of halogens is 2. The van der Waals surface area contributed by atoms with Crippen LogP contribution in [0.2, 0.25) is 10.0 Å². The number of nitrogens with zero attached hydrogens (tertiary/aromatic N) is 1. The zero-order valence-corrected chi connectivity index (χ0v) is 19.0. The Morgan fingerprint density at radius 2 is 1.76 bits per heavy atom. The predicted octanol–water partition coefficient (Wildman–Crippen LogP) is 3.22. The maximum Gasteiger partial charge on any atom is 0.253 e. The summed E-state index contributed by atoms with van der Waals surface area (Å²) in [5.74, 6) is -0.286. The lowest BCUT2D eigenvalue weighted by molar-refractivity contribution is -0.124. The maximum atomic E-state index is 12.9. The molecule has 0 radical (unpaired) electrons. The number of carbonyl (C=O) groups is 2. The van der Waals surface area contributed by atoms with Crippen molar-refractivity contribution in [3.63, 3.8) is 0 Å². The second-order valence-corrected chi connectivity index (χ2v) is 8.87. The molecule has 1 aromatic carbocycles. The highest BCUT2D eigenvalue weighted by Crippen LogP contribution is 2.21. The molecule has 162 valence electrons. The van der Waals surface area contributed by atoms with Crippen LogP contribution in [0.25, 0.3) is 0 Å². The molecule has 0 bridgehead atoms. The lowest BCUT2D eigenvalue weighted by Crippen LogP contribution is -2.55. The number of nitrogens with one attached hydrogen (secondary N) is 2. The van der Waals surface area contributed by atoms with Crippen molar-refractivity contribution >= 4 is 35.0 Å². The van der Waals surface area contributed by atoms with Gasteiger partial charge in [0.05, 0.1) is 23.8 Å². The Balaban J connectivity index is 2.01. The van der Waals surface area contributed by atoms with Crippen LogP contribution in [0.3, 0.4) is 0 Å². The average molecular weight is 444 g/mol. The Bertz CT molecular complexity index is 706. The summed E-state index contributed by atoms with van der Waals surface area (Å²) in [6.07, 6.45) is 0. The van der Waals surface area contributed by atoms with Gasteiger partial charge in [0.1, 0.15) is 6.04 Å². The molecule has 6 nitrogen and oxygen atoms in total. The van der Waals surface area contributed by atoms with E-state index in [0.29, 0.717) is 36.3 Å². The van der Waals surface area contributed by atoms with Gasteiger partial charge in [0.15, 0.2) is 0 Å². The first kappa shape index (κ1) is 23.9. The molecule has 0 spiro atoms. The first-order valence-electron chi connectivity index (χ1n) is 10.1. The Morgan fingerprint density at radius 3 is 2.31 bits per heavy atom. The molecule has 8 heteroatoms. The summed E-state index contributed by atoms with van der Waals surface area (Å²) >= 11 is 12.0. The van der Waals surface area contributed by atoms with Gasteiger partial charge in [-0.05, 0) is 30.0 Å². The first-order valence-corrected chi connectivity index (χ1v) is 10.8. The van der Waals surface area contributed by atoms with E-state index in [4.69, 9.17) is 27.9 Å². The van der Waals surface area contributed by atoms with E-state index in [-0.39, 0.29) is 22.9 Å². The first-order chi connectivity index (χ1) is 13.7. The summed E-state index contributed by atoms with van der Waals surface area (Å²) in [5, 5.41) is 6.55. The van der Waals surface area contributed by atoms with Crippen LogP contribution in [-0.2, 0) is 9.53 Å². The average Bonchev–Trinajstić information content (AvgIpc) is 2.66. The van der Waals surface area contributed by atoms with Crippen LogP contribution in [-0.4, -0.2) is 61.6 Å². The molecule has 0 unspecified atom stereocenters. The van der Waals surface area contributed by atoms with Crippen molar-refractivity contribution in [2.75, 3.05) is 32.8 Å². The van der Waals surface area contributed by atoms with E-state index in [9.17, 15) is 9.59 Å². The summed E-state index contributed by atoms with van der Waals surface area (Å²) in [4.78, 5) is 27.9. The minimum absolute atomic E-state index is 0.0779. The third kappa shape index (κ3) is 6.85. The molecule has 0 aromatic heterocycles. The summed E-state index contributed by atoms with van der Waals surface area (Å²) < 4.78 is 5.43. The van der Waals surface area contributed by atoms with Gasteiger partial charge in [0.25, 0.3) is 5.91 Å². The molecular formula is C21H31Cl2N3O3. The Kier molecular flexibility index (Phi) is 9.21. The molecule has 0 aliphatic carbocycles. The van der Waals surface area contributed by atoms with E-state index in [1.165, 1.54) is 6.07 Å². The van der Waals surface area contributed by atoms with Crippen molar-refractivity contribution in [1.29, 1.82) is 0 Å². The number of hydrogen-bond acceptors (Lipinski definition) is 4. The van der Waals surface area contributed by atoms with Crippen LogP contribution in [0, 0.1) is 11.8 Å². The van der Waals surface area contributed by atoms with Crippen LogP contribution < -0.4 is 10.6 Å². The number of benzene rings is 1. The van der Waals surface area contributed by atoms with Gasteiger partial charge in [0.2, 0.25) is 5.91 Å². The van der Waals surface area contributed by atoms with Crippen molar-refractivity contribution in [2.45, 2.75) is 39.8 Å². The fourth-order valence-electron chi connectivity index (χ4n) is 3.44. The van der Waals surface area contributed by atoms with Crippen molar-refractivity contribution in [1.82, 2.24) is 15.5 Å². The minimum Gasteiger partial charge on any atom is -0.379 e. The topological polar surface area (TPSA) is 70.7 Å². The van der Waals surface area contributed by atoms with Crippen LogP contribution in [0.4, 0.5) is 0 Å². The zero-order chi connectivity index (χ0) is 21.6. The molecule has 2 atom stereocenters. The molecule has 2 rings (SSSR count). The summed E-state index contributed by atoms with van der Waals surface area (Å²) in [6.45, 7) is 11.8. The van der Waals surface area contributed by atoms with E-state index in [1.807, 2.05) is 13.8 Å². The fourth-order valence-corrected chi connectivity index (χ4v) is 3.93. The smallest absolute Gasteiger partial charge is 0.253 e. The monoisotopic (exact) mass is 443 g/mol. The van der Waals surface area contributed by atoms with Gasteiger partial charge in [0, 0.05) is 30.7 Å². The van der Waals surface area contributed by atoms with Gasteiger partial charge in [-0.15, -0.1) is 0 Å². The zero-order valence-electron chi connectivity index (χ0n) is 17.5. The van der Waals surface area contributed by atoms with Crippen LogP contribution in [0.1, 0.15) is 38.1 Å².